The first-order chi connectivity index (χ1) is 5.63. The van der Waals surface area contributed by atoms with Crippen molar-refractivity contribution in [2.75, 3.05) is 0 Å². The number of carbonyl (C=O) groups excluding carboxylic acids is 1. The summed E-state index contributed by atoms with van der Waals surface area (Å²) in [5.74, 6) is -0.0944. The molecule has 0 aromatic heterocycles. The zero-order valence-corrected chi connectivity index (χ0v) is 7.66. The van der Waals surface area contributed by atoms with Crippen molar-refractivity contribution in [1.82, 2.24) is 4.90 Å². The van der Waals surface area contributed by atoms with E-state index in [1.165, 1.54) is 6.08 Å². The predicted octanol–water partition coefficient (Wildman–Crippen LogP) is 2.11. The molecule has 66 valence electrons. The summed E-state index contributed by atoms with van der Waals surface area (Å²) in [6, 6.07) is 0.145. The Hall–Kier alpha value is -1.31. The van der Waals surface area contributed by atoms with Crippen molar-refractivity contribution in [3.05, 3.63) is 37.6 Å². The lowest BCUT2D eigenvalue weighted by atomic mass is 10.3. The molecular weight excluding hydrogens is 150 g/mol. The van der Waals surface area contributed by atoms with E-state index in [-0.39, 0.29) is 11.9 Å². The number of carbonyl (C=O) groups is 1. The van der Waals surface area contributed by atoms with Crippen LogP contribution in [0, 0.1) is 0 Å². The Balaban J connectivity index is 4.42. The van der Waals surface area contributed by atoms with Crippen LogP contribution in [0.3, 0.4) is 0 Å². The minimum Gasteiger partial charge on any atom is -0.313 e. The smallest absolute Gasteiger partial charge is 0.250 e. The Labute approximate surface area is 73.9 Å². The average molecular weight is 165 g/mol. The lowest BCUT2D eigenvalue weighted by Crippen LogP contribution is -2.30. The van der Waals surface area contributed by atoms with Crippen molar-refractivity contribution in [3.63, 3.8) is 0 Å². The van der Waals surface area contributed by atoms with Crippen LogP contribution in [0.25, 0.3) is 0 Å². The van der Waals surface area contributed by atoms with Crippen molar-refractivity contribution in [3.8, 4) is 0 Å². The summed E-state index contributed by atoms with van der Waals surface area (Å²) in [6.07, 6.45) is 6.35. The molecule has 0 N–H and O–H groups in total. The standard InChI is InChI=1S/C10H15NO/c1-5-7-8-11(9(3)4)10(12)6-2/h5-9H,1-2H2,3-4H3/b8-7-. The van der Waals surface area contributed by atoms with Gasteiger partial charge in [-0.2, -0.15) is 0 Å². The Morgan fingerprint density at radius 3 is 2.33 bits per heavy atom. The fourth-order valence-corrected chi connectivity index (χ4v) is 0.759. The van der Waals surface area contributed by atoms with Crippen LogP contribution >= 0.6 is 0 Å². The lowest BCUT2D eigenvalue weighted by Gasteiger charge is -2.20. The molecule has 0 rings (SSSR count). The van der Waals surface area contributed by atoms with Crippen molar-refractivity contribution >= 4 is 5.91 Å². The van der Waals surface area contributed by atoms with Crippen LogP contribution < -0.4 is 0 Å². The largest absolute Gasteiger partial charge is 0.313 e. The highest BCUT2D eigenvalue weighted by atomic mass is 16.2. The van der Waals surface area contributed by atoms with Crippen molar-refractivity contribution in [2.24, 2.45) is 0 Å². The van der Waals surface area contributed by atoms with Crippen molar-refractivity contribution in [2.45, 2.75) is 19.9 Å². The fourth-order valence-electron chi connectivity index (χ4n) is 0.759. The first-order valence-electron chi connectivity index (χ1n) is 3.87. The van der Waals surface area contributed by atoms with Gasteiger partial charge in [-0.25, -0.2) is 0 Å². The van der Waals surface area contributed by atoms with E-state index in [0.717, 1.165) is 0 Å². The number of nitrogens with zero attached hydrogens (tertiary/aromatic N) is 1. The average Bonchev–Trinajstić information content (AvgIpc) is 2.04. The van der Waals surface area contributed by atoms with E-state index < -0.39 is 0 Å². The lowest BCUT2D eigenvalue weighted by molar-refractivity contribution is -0.124. The molecule has 2 heteroatoms. The van der Waals surface area contributed by atoms with Crippen LogP contribution in [-0.4, -0.2) is 16.8 Å². The zero-order chi connectivity index (χ0) is 9.56. The fraction of sp³-hybridized carbons (Fsp3) is 0.300. The molecule has 0 radical (unpaired) electrons. The normalized spacial score (nSPS) is 10.2. The SMILES string of the molecule is C=C/C=C\N(C(=O)C=C)C(C)C. The maximum Gasteiger partial charge on any atom is 0.250 e. The van der Waals surface area contributed by atoms with Gasteiger partial charge in [0.2, 0.25) is 5.91 Å². The van der Waals surface area contributed by atoms with Gasteiger partial charge in [-0.05, 0) is 26.0 Å². The van der Waals surface area contributed by atoms with Gasteiger partial charge in [0.1, 0.15) is 0 Å². The summed E-state index contributed by atoms with van der Waals surface area (Å²) in [5.41, 5.74) is 0. The molecule has 0 bridgehead atoms. The van der Waals surface area contributed by atoms with Gasteiger partial charge in [0, 0.05) is 12.2 Å². The molecule has 0 aliphatic carbocycles. The van der Waals surface area contributed by atoms with Gasteiger partial charge in [0.15, 0.2) is 0 Å². The van der Waals surface area contributed by atoms with Crippen LogP contribution in [0.4, 0.5) is 0 Å². The van der Waals surface area contributed by atoms with Gasteiger partial charge in [0.05, 0.1) is 0 Å². The first-order valence-corrected chi connectivity index (χ1v) is 3.87. The summed E-state index contributed by atoms with van der Waals surface area (Å²) < 4.78 is 0. The summed E-state index contributed by atoms with van der Waals surface area (Å²) in [4.78, 5) is 12.8. The Kier molecular flexibility index (Phi) is 4.77. The van der Waals surface area contributed by atoms with Crippen LogP contribution in [0.15, 0.2) is 37.6 Å². The molecule has 0 unspecified atom stereocenters. The summed E-state index contributed by atoms with van der Waals surface area (Å²) in [5, 5.41) is 0. The summed E-state index contributed by atoms with van der Waals surface area (Å²) in [6.45, 7) is 10.8. The molecule has 0 aliphatic rings. The van der Waals surface area contributed by atoms with Crippen LogP contribution in [0.2, 0.25) is 0 Å². The topological polar surface area (TPSA) is 20.3 Å². The minimum absolute atomic E-state index is 0.0944. The number of hydrogen-bond acceptors (Lipinski definition) is 1. The van der Waals surface area contributed by atoms with Crippen molar-refractivity contribution < 1.29 is 4.79 Å². The highest BCUT2D eigenvalue weighted by Crippen LogP contribution is 2.00. The zero-order valence-electron chi connectivity index (χ0n) is 7.66. The second kappa shape index (κ2) is 5.35. The van der Waals surface area contributed by atoms with E-state index in [4.69, 9.17) is 0 Å². The molecule has 2 nitrogen and oxygen atoms in total. The van der Waals surface area contributed by atoms with E-state index in [1.807, 2.05) is 13.8 Å². The second-order valence-corrected chi connectivity index (χ2v) is 2.62. The molecule has 0 aromatic rings. The Morgan fingerprint density at radius 2 is 2.00 bits per heavy atom. The molecule has 0 atom stereocenters. The number of hydrogen-bond donors (Lipinski definition) is 0. The first kappa shape index (κ1) is 10.7. The quantitative estimate of drug-likeness (QED) is 0.461. The maximum atomic E-state index is 11.2. The summed E-state index contributed by atoms with van der Waals surface area (Å²) in [7, 11) is 0. The second-order valence-electron chi connectivity index (χ2n) is 2.62. The van der Waals surface area contributed by atoms with Gasteiger partial charge >= 0.3 is 0 Å². The van der Waals surface area contributed by atoms with Gasteiger partial charge in [-0.1, -0.05) is 19.2 Å². The van der Waals surface area contributed by atoms with Gasteiger partial charge in [0.25, 0.3) is 0 Å². The monoisotopic (exact) mass is 165 g/mol. The molecule has 0 saturated carbocycles. The molecule has 0 aromatic carbocycles. The molecule has 0 spiro atoms. The predicted molar refractivity (Wildman–Crippen MR) is 51.5 cm³/mol. The van der Waals surface area contributed by atoms with E-state index in [0.29, 0.717) is 0 Å². The van der Waals surface area contributed by atoms with E-state index in [1.54, 1.807) is 23.3 Å². The van der Waals surface area contributed by atoms with Gasteiger partial charge in [-0.15, -0.1) is 0 Å². The Bertz CT molecular complexity index is 204. The molecule has 0 heterocycles. The van der Waals surface area contributed by atoms with E-state index in [2.05, 4.69) is 13.2 Å². The molecular formula is C10H15NO. The third kappa shape index (κ3) is 3.19. The Morgan fingerprint density at radius 1 is 1.42 bits per heavy atom. The minimum atomic E-state index is -0.0944. The molecule has 1 amide bonds. The molecule has 0 saturated heterocycles. The number of amides is 1. The highest BCUT2D eigenvalue weighted by Gasteiger charge is 2.09. The number of rotatable bonds is 4. The van der Waals surface area contributed by atoms with Gasteiger partial charge < -0.3 is 4.90 Å². The van der Waals surface area contributed by atoms with Crippen molar-refractivity contribution in [1.29, 1.82) is 0 Å². The maximum absolute atomic E-state index is 11.2. The summed E-state index contributed by atoms with van der Waals surface area (Å²) >= 11 is 0. The van der Waals surface area contributed by atoms with E-state index in [9.17, 15) is 4.79 Å². The van der Waals surface area contributed by atoms with Crippen LogP contribution in [0.1, 0.15) is 13.8 Å². The van der Waals surface area contributed by atoms with E-state index >= 15 is 0 Å². The number of allylic oxidation sites excluding steroid dienone is 2. The molecule has 12 heavy (non-hydrogen) atoms. The van der Waals surface area contributed by atoms with Crippen LogP contribution in [0.5, 0.6) is 0 Å². The molecule has 0 fully saturated rings. The van der Waals surface area contributed by atoms with Gasteiger partial charge in [-0.3, -0.25) is 4.79 Å². The third-order valence-corrected chi connectivity index (χ3v) is 1.37. The molecule has 0 aliphatic heterocycles. The highest BCUT2D eigenvalue weighted by molar-refractivity contribution is 5.88. The third-order valence-electron chi connectivity index (χ3n) is 1.37. The van der Waals surface area contributed by atoms with Crippen LogP contribution in [-0.2, 0) is 4.79 Å².